The Morgan fingerprint density at radius 1 is 1.41 bits per heavy atom. The zero-order valence-corrected chi connectivity index (χ0v) is 10.0. The maximum absolute atomic E-state index is 11.4. The van der Waals surface area contributed by atoms with E-state index in [1.54, 1.807) is 0 Å². The lowest BCUT2D eigenvalue weighted by atomic mass is 10.3. The first-order valence-electron chi connectivity index (χ1n) is 5.75. The van der Waals surface area contributed by atoms with Crippen LogP contribution in [-0.2, 0) is 16.1 Å². The molecular formula is C12H18N2O3. The van der Waals surface area contributed by atoms with Gasteiger partial charge in [-0.15, -0.1) is 0 Å². The number of unbranched alkanes of at least 4 members (excludes halogenated alkanes) is 2. The number of carbonyl (C=O) groups excluding carboxylic acids is 1. The lowest BCUT2D eigenvalue weighted by Gasteiger charge is -2.07. The van der Waals surface area contributed by atoms with Crippen molar-refractivity contribution in [3.05, 3.63) is 28.7 Å². The van der Waals surface area contributed by atoms with Crippen molar-refractivity contribution in [2.24, 2.45) is 0 Å². The Morgan fingerprint density at radius 2 is 2.18 bits per heavy atom. The van der Waals surface area contributed by atoms with Crippen molar-refractivity contribution in [2.75, 3.05) is 12.3 Å². The molecule has 0 saturated heterocycles. The van der Waals surface area contributed by atoms with Gasteiger partial charge in [0.05, 0.1) is 6.61 Å². The van der Waals surface area contributed by atoms with Crippen molar-refractivity contribution in [1.82, 2.24) is 4.57 Å². The Labute approximate surface area is 100 Å². The van der Waals surface area contributed by atoms with Gasteiger partial charge in [0.15, 0.2) is 0 Å². The average molecular weight is 238 g/mol. The molecular weight excluding hydrogens is 220 g/mol. The van der Waals surface area contributed by atoms with Crippen molar-refractivity contribution >= 4 is 11.7 Å². The maximum atomic E-state index is 11.4. The number of rotatable bonds is 6. The predicted molar refractivity (Wildman–Crippen MR) is 65.6 cm³/mol. The van der Waals surface area contributed by atoms with Crippen LogP contribution in [0.1, 0.15) is 26.2 Å². The number of nitrogens with zero attached hydrogens (tertiary/aromatic N) is 1. The quantitative estimate of drug-likeness (QED) is 0.596. The second-order valence-corrected chi connectivity index (χ2v) is 3.86. The first-order valence-corrected chi connectivity index (χ1v) is 5.75. The van der Waals surface area contributed by atoms with E-state index in [0.717, 1.165) is 19.3 Å². The molecule has 2 N–H and O–H groups in total. The number of aromatic nitrogens is 1. The second-order valence-electron chi connectivity index (χ2n) is 3.86. The number of anilines is 1. The van der Waals surface area contributed by atoms with Crippen molar-refractivity contribution < 1.29 is 9.53 Å². The molecule has 0 aromatic carbocycles. The van der Waals surface area contributed by atoms with E-state index < -0.39 is 5.97 Å². The molecule has 1 aromatic rings. The third-order valence-electron chi connectivity index (χ3n) is 2.32. The van der Waals surface area contributed by atoms with Crippen LogP contribution >= 0.6 is 0 Å². The van der Waals surface area contributed by atoms with Crippen molar-refractivity contribution in [3.63, 3.8) is 0 Å². The lowest BCUT2D eigenvalue weighted by molar-refractivity contribution is -0.144. The van der Waals surface area contributed by atoms with Gasteiger partial charge in [-0.05, 0) is 12.5 Å². The molecule has 0 fully saturated rings. The number of nitrogens with two attached hydrogens (primary N) is 1. The highest BCUT2D eigenvalue weighted by Gasteiger charge is 2.05. The molecule has 0 aliphatic carbocycles. The van der Waals surface area contributed by atoms with Crippen LogP contribution in [0, 0.1) is 0 Å². The summed E-state index contributed by atoms with van der Waals surface area (Å²) in [4.78, 5) is 22.8. The van der Waals surface area contributed by atoms with Gasteiger partial charge in [-0.1, -0.05) is 19.8 Å². The minimum Gasteiger partial charge on any atom is -0.464 e. The van der Waals surface area contributed by atoms with Gasteiger partial charge in [0, 0.05) is 18.0 Å². The minimum absolute atomic E-state index is 0.0873. The Kier molecular flexibility index (Phi) is 5.26. The van der Waals surface area contributed by atoms with E-state index in [1.807, 2.05) is 0 Å². The summed E-state index contributed by atoms with van der Waals surface area (Å²) >= 11 is 0. The van der Waals surface area contributed by atoms with E-state index in [0.29, 0.717) is 12.3 Å². The van der Waals surface area contributed by atoms with Gasteiger partial charge in [0.1, 0.15) is 6.54 Å². The first kappa shape index (κ1) is 13.3. The fourth-order valence-corrected chi connectivity index (χ4v) is 1.40. The van der Waals surface area contributed by atoms with E-state index >= 15 is 0 Å². The molecule has 0 spiro atoms. The molecule has 1 rings (SSSR count). The maximum Gasteiger partial charge on any atom is 0.326 e. The highest BCUT2D eigenvalue weighted by atomic mass is 16.5. The molecule has 17 heavy (non-hydrogen) atoms. The highest BCUT2D eigenvalue weighted by molar-refractivity contribution is 5.69. The number of pyridine rings is 1. The molecule has 0 radical (unpaired) electrons. The van der Waals surface area contributed by atoms with Crippen molar-refractivity contribution in [2.45, 2.75) is 32.7 Å². The minimum atomic E-state index is -0.409. The number of hydrogen-bond donors (Lipinski definition) is 1. The molecule has 0 bridgehead atoms. The zero-order valence-electron chi connectivity index (χ0n) is 10.0. The number of esters is 1. The van der Waals surface area contributed by atoms with E-state index in [9.17, 15) is 9.59 Å². The Balaban J connectivity index is 2.45. The van der Waals surface area contributed by atoms with Crippen LogP contribution < -0.4 is 11.3 Å². The molecule has 0 amide bonds. The van der Waals surface area contributed by atoms with Crippen LogP contribution in [0.2, 0.25) is 0 Å². The molecule has 0 unspecified atom stereocenters. The fraction of sp³-hybridized carbons (Fsp3) is 0.500. The van der Waals surface area contributed by atoms with Gasteiger partial charge in [0.2, 0.25) is 0 Å². The first-order chi connectivity index (χ1) is 8.13. The molecule has 1 heterocycles. The van der Waals surface area contributed by atoms with Crippen molar-refractivity contribution in [3.8, 4) is 0 Å². The molecule has 0 atom stereocenters. The Hall–Kier alpha value is -1.78. The fourth-order valence-electron chi connectivity index (χ4n) is 1.40. The number of carbonyl (C=O) groups is 1. The van der Waals surface area contributed by atoms with Crippen LogP contribution in [0.3, 0.4) is 0 Å². The molecule has 1 aromatic heterocycles. The van der Waals surface area contributed by atoms with Crippen LogP contribution in [-0.4, -0.2) is 17.1 Å². The van der Waals surface area contributed by atoms with E-state index in [1.165, 1.54) is 22.9 Å². The second kappa shape index (κ2) is 6.73. The smallest absolute Gasteiger partial charge is 0.326 e. The summed E-state index contributed by atoms with van der Waals surface area (Å²) in [5, 5.41) is 0. The lowest BCUT2D eigenvalue weighted by Crippen LogP contribution is -2.24. The summed E-state index contributed by atoms with van der Waals surface area (Å²) in [5.74, 6) is -0.409. The Bertz CT molecular complexity index is 426. The van der Waals surface area contributed by atoms with Crippen molar-refractivity contribution in [1.29, 1.82) is 0 Å². The number of hydrogen-bond acceptors (Lipinski definition) is 4. The highest BCUT2D eigenvalue weighted by Crippen LogP contribution is 1.98. The Morgan fingerprint density at radius 3 is 2.88 bits per heavy atom. The average Bonchev–Trinajstić information content (AvgIpc) is 2.29. The number of ether oxygens (including phenoxy) is 1. The third-order valence-corrected chi connectivity index (χ3v) is 2.32. The van der Waals surface area contributed by atoms with Gasteiger partial charge in [0.25, 0.3) is 5.56 Å². The van der Waals surface area contributed by atoms with Gasteiger partial charge in [-0.3, -0.25) is 9.59 Å². The van der Waals surface area contributed by atoms with Gasteiger partial charge < -0.3 is 15.0 Å². The van der Waals surface area contributed by atoms with Crippen LogP contribution in [0.5, 0.6) is 0 Å². The normalized spacial score (nSPS) is 10.2. The largest absolute Gasteiger partial charge is 0.464 e. The summed E-state index contributed by atoms with van der Waals surface area (Å²) in [6, 6.07) is 2.84. The molecule has 5 nitrogen and oxygen atoms in total. The van der Waals surface area contributed by atoms with Crippen LogP contribution in [0.15, 0.2) is 23.1 Å². The van der Waals surface area contributed by atoms with E-state index in [4.69, 9.17) is 10.5 Å². The van der Waals surface area contributed by atoms with Crippen LogP contribution in [0.25, 0.3) is 0 Å². The summed E-state index contributed by atoms with van der Waals surface area (Å²) in [6.07, 6.45) is 4.40. The summed E-state index contributed by atoms with van der Waals surface area (Å²) in [6.45, 7) is 2.40. The summed E-state index contributed by atoms with van der Waals surface area (Å²) in [5.41, 5.74) is 5.72. The van der Waals surface area contributed by atoms with Gasteiger partial charge >= 0.3 is 5.97 Å². The number of nitrogen functional groups attached to an aromatic ring is 1. The van der Waals surface area contributed by atoms with Gasteiger partial charge in [-0.25, -0.2) is 0 Å². The molecule has 0 saturated carbocycles. The zero-order chi connectivity index (χ0) is 12.7. The summed E-state index contributed by atoms with van der Waals surface area (Å²) < 4.78 is 6.25. The topological polar surface area (TPSA) is 74.3 Å². The van der Waals surface area contributed by atoms with E-state index in [-0.39, 0.29) is 12.1 Å². The van der Waals surface area contributed by atoms with Crippen LogP contribution in [0.4, 0.5) is 5.69 Å². The van der Waals surface area contributed by atoms with E-state index in [2.05, 4.69) is 6.92 Å². The van der Waals surface area contributed by atoms with Gasteiger partial charge in [-0.2, -0.15) is 0 Å². The summed E-state index contributed by atoms with van der Waals surface area (Å²) in [7, 11) is 0. The molecule has 0 aliphatic heterocycles. The third kappa shape index (κ3) is 4.72. The predicted octanol–water partition coefficient (Wildman–Crippen LogP) is 1.16. The molecule has 5 heteroatoms. The SMILES string of the molecule is CCCCCOC(=O)Cn1cc(N)ccc1=O. The molecule has 94 valence electrons. The molecule has 0 aliphatic rings. The standard InChI is InChI=1S/C12H18N2O3/c1-2-3-4-7-17-12(16)9-14-8-10(13)5-6-11(14)15/h5-6,8H,2-4,7,9,13H2,1H3. The monoisotopic (exact) mass is 238 g/mol.